The molecule has 0 aliphatic carbocycles. The van der Waals surface area contributed by atoms with Gasteiger partial charge in [-0.05, 0) is 19.8 Å². The standard InChI is InChI=1S/C9H17N3O2/c1-6(9(10)11-13)12-4-7-2-3-8(5-12)14-7/h6-8,13H,2-5H2,1H3,(H2,10,11). The van der Waals surface area contributed by atoms with Crippen molar-refractivity contribution in [2.24, 2.45) is 10.9 Å². The van der Waals surface area contributed by atoms with E-state index in [0.717, 1.165) is 25.9 Å². The average molecular weight is 199 g/mol. The molecule has 0 amide bonds. The molecule has 0 saturated carbocycles. The summed E-state index contributed by atoms with van der Waals surface area (Å²) >= 11 is 0. The molecule has 2 bridgehead atoms. The minimum atomic E-state index is 0.00648. The molecule has 0 spiro atoms. The summed E-state index contributed by atoms with van der Waals surface area (Å²) in [6, 6.07) is 0.00648. The number of fused-ring (bicyclic) bond motifs is 2. The Morgan fingerprint density at radius 2 is 2.07 bits per heavy atom. The van der Waals surface area contributed by atoms with Gasteiger partial charge in [0.05, 0.1) is 18.2 Å². The number of likely N-dealkylation sites (tertiary alicyclic amines) is 1. The van der Waals surface area contributed by atoms with Crippen LogP contribution in [-0.2, 0) is 4.74 Å². The third-order valence-electron chi connectivity index (χ3n) is 3.16. The van der Waals surface area contributed by atoms with Crippen molar-refractivity contribution in [3.63, 3.8) is 0 Å². The Hall–Kier alpha value is -0.810. The molecule has 5 heteroatoms. The van der Waals surface area contributed by atoms with Gasteiger partial charge in [0.15, 0.2) is 5.84 Å². The van der Waals surface area contributed by atoms with Crippen LogP contribution in [0.25, 0.3) is 0 Å². The van der Waals surface area contributed by atoms with Gasteiger partial charge >= 0.3 is 0 Å². The van der Waals surface area contributed by atoms with Crippen LogP contribution in [0.4, 0.5) is 0 Å². The largest absolute Gasteiger partial charge is 0.409 e. The number of oxime groups is 1. The minimum Gasteiger partial charge on any atom is -0.409 e. The number of nitrogens with two attached hydrogens (primary N) is 1. The van der Waals surface area contributed by atoms with E-state index in [2.05, 4.69) is 10.1 Å². The van der Waals surface area contributed by atoms with E-state index in [9.17, 15) is 0 Å². The first-order valence-electron chi connectivity index (χ1n) is 5.07. The first-order chi connectivity index (χ1) is 6.70. The quantitative estimate of drug-likeness (QED) is 0.284. The Balaban J connectivity index is 1.99. The Morgan fingerprint density at radius 1 is 1.50 bits per heavy atom. The van der Waals surface area contributed by atoms with E-state index in [0.29, 0.717) is 12.2 Å². The molecule has 14 heavy (non-hydrogen) atoms. The third kappa shape index (κ3) is 1.69. The van der Waals surface area contributed by atoms with Crippen LogP contribution in [0.15, 0.2) is 5.16 Å². The van der Waals surface area contributed by atoms with Crippen LogP contribution in [0, 0.1) is 0 Å². The summed E-state index contributed by atoms with van der Waals surface area (Å²) in [7, 11) is 0. The number of rotatable bonds is 2. The molecule has 0 aromatic heterocycles. The summed E-state index contributed by atoms with van der Waals surface area (Å²) in [5.74, 6) is 0.284. The highest BCUT2D eigenvalue weighted by molar-refractivity contribution is 5.84. The lowest BCUT2D eigenvalue weighted by Gasteiger charge is -2.35. The number of hydrogen-bond donors (Lipinski definition) is 2. The Kier molecular flexibility index (Phi) is 2.60. The molecule has 2 heterocycles. The number of nitrogens with zero attached hydrogens (tertiary/aromatic N) is 2. The average Bonchev–Trinajstić information content (AvgIpc) is 2.55. The van der Waals surface area contributed by atoms with E-state index in [1.165, 1.54) is 0 Å². The maximum atomic E-state index is 8.59. The molecular weight excluding hydrogens is 182 g/mol. The smallest absolute Gasteiger partial charge is 0.156 e. The van der Waals surface area contributed by atoms with Gasteiger partial charge in [-0.3, -0.25) is 4.90 Å². The molecule has 2 saturated heterocycles. The number of hydrogen-bond acceptors (Lipinski definition) is 4. The van der Waals surface area contributed by atoms with Crippen LogP contribution in [0.5, 0.6) is 0 Å². The van der Waals surface area contributed by atoms with Crippen LogP contribution >= 0.6 is 0 Å². The molecule has 2 rings (SSSR count). The van der Waals surface area contributed by atoms with Gasteiger partial charge in [0, 0.05) is 13.1 Å². The zero-order valence-corrected chi connectivity index (χ0v) is 8.39. The second-order valence-corrected chi connectivity index (χ2v) is 4.11. The van der Waals surface area contributed by atoms with Crippen LogP contribution in [0.3, 0.4) is 0 Å². The highest BCUT2D eigenvalue weighted by atomic mass is 16.5. The van der Waals surface area contributed by atoms with Gasteiger partial charge in [-0.25, -0.2) is 0 Å². The molecule has 0 radical (unpaired) electrons. The summed E-state index contributed by atoms with van der Waals surface area (Å²) < 4.78 is 5.71. The summed E-state index contributed by atoms with van der Waals surface area (Å²) in [5, 5.41) is 11.6. The van der Waals surface area contributed by atoms with Crippen molar-refractivity contribution in [2.75, 3.05) is 13.1 Å². The number of morpholine rings is 1. The molecule has 3 atom stereocenters. The van der Waals surface area contributed by atoms with Crippen molar-refractivity contribution >= 4 is 5.84 Å². The number of ether oxygens (including phenoxy) is 1. The highest BCUT2D eigenvalue weighted by Gasteiger charge is 2.36. The maximum Gasteiger partial charge on any atom is 0.156 e. The van der Waals surface area contributed by atoms with E-state index >= 15 is 0 Å². The van der Waals surface area contributed by atoms with Crippen molar-refractivity contribution in [1.29, 1.82) is 0 Å². The topological polar surface area (TPSA) is 71.1 Å². The molecule has 0 aromatic carbocycles. The zero-order valence-electron chi connectivity index (χ0n) is 8.39. The highest BCUT2D eigenvalue weighted by Crippen LogP contribution is 2.27. The fourth-order valence-electron chi connectivity index (χ4n) is 2.23. The molecular formula is C9H17N3O2. The fourth-order valence-corrected chi connectivity index (χ4v) is 2.23. The second kappa shape index (κ2) is 3.74. The van der Waals surface area contributed by atoms with Gasteiger partial charge in [0.25, 0.3) is 0 Å². The molecule has 80 valence electrons. The summed E-state index contributed by atoms with van der Waals surface area (Å²) in [4.78, 5) is 2.22. The molecule has 3 unspecified atom stereocenters. The van der Waals surface area contributed by atoms with E-state index < -0.39 is 0 Å². The minimum absolute atomic E-state index is 0.00648. The zero-order chi connectivity index (χ0) is 10.1. The third-order valence-corrected chi connectivity index (χ3v) is 3.16. The van der Waals surface area contributed by atoms with Crippen molar-refractivity contribution in [3.8, 4) is 0 Å². The van der Waals surface area contributed by atoms with Gasteiger partial charge in [-0.15, -0.1) is 0 Å². The second-order valence-electron chi connectivity index (χ2n) is 4.11. The lowest BCUT2D eigenvalue weighted by molar-refractivity contribution is -0.0429. The van der Waals surface area contributed by atoms with Gasteiger partial charge < -0.3 is 15.7 Å². The van der Waals surface area contributed by atoms with E-state index in [1.54, 1.807) is 0 Å². The molecule has 2 fully saturated rings. The van der Waals surface area contributed by atoms with Crippen molar-refractivity contribution < 1.29 is 9.94 Å². The van der Waals surface area contributed by atoms with Crippen molar-refractivity contribution in [3.05, 3.63) is 0 Å². The fraction of sp³-hybridized carbons (Fsp3) is 0.889. The molecule has 0 aromatic rings. The van der Waals surface area contributed by atoms with Gasteiger partial charge in [-0.1, -0.05) is 5.16 Å². The summed E-state index contributed by atoms with van der Waals surface area (Å²) in [6.45, 7) is 3.75. The lowest BCUT2D eigenvalue weighted by atomic mass is 10.2. The van der Waals surface area contributed by atoms with E-state index in [1.807, 2.05) is 6.92 Å². The summed E-state index contributed by atoms with van der Waals surface area (Å²) in [6.07, 6.45) is 2.99. The molecule has 2 aliphatic heterocycles. The predicted molar refractivity (Wildman–Crippen MR) is 52.3 cm³/mol. The predicted octanol–water partition coefficient (Wildman–Crippen LogP) is -0.0155. The summed E-state index contributed by atoms with van der Waals surface area (Å²) in [5.41, 5.74) is 5.58. The van der Waals surface area contributed by atoms with Gasteiger partial charge in [0.1, 0.15) is 0 Å². The molecule has 5 nitrogen and oxygen atoms in total. The molecule has 2 aliphatic rings. The van der Waals surface area contributed by atoms with E-state index in [4.69, 9.17) is 15.7 Å². The Bertz CT molecular complexity index is 232. The van der Waals surface area contributed by atoms with Crippen molar-refractivity contribution in [1.82, 2.24) is 4.90 Å². The van der Waals surface area contributed by atoms with Gasteiger partial charge in [0.2, 0.25) is 0 Å². The van der Waals surface area contributed by atoms with Crippen LogP contribution < -0.4 is 5.73 Å². The Labute approximate surface area is 83.5 Å². The van der Waals surface area contributed by atoms with E-state index in [-0.39, 0.29) is 11.9 Å². The first kappa shape index (κ1) is 9.73. The molecule has 3 N–H and O–H groups in total. The lowest BCUT2D eigenvalue weighted by Crippen LogP contribution is -2.51. The normalized spacial score (nSPS) is 35.9. The first-order valence-corrected chi connectivity index (χ1v) is 5.07. The van der Waals surface area contributed by atoms with Crippen LogP contribution in [-0.4, -0.2) is 47.3 Å². The number of amidine groups is 1. The SMILES string of the molecule is CC(/C(N)=N/O)N1CC2CCC(C1)O2. The monoisotopic (exact) mass is 199 g/mol. The van der Waals surface area contributed by atoms with Crippen molar-refractivity contribution in [2.45, 2.75) is 38.0 Å². The van der Waals surface area contributed by atoms with Crippen LogP contribution in [0.2, 0.25) is 0 Å². The van der Waals surface area contributed by atoms with Crippen LogP contribution in [0.1, 0.15) is 19.8 Å². The van der Waals surface area contributed by atoms with Gasteiger partial charge in [-0.2, -0.15) is 0 Å². The maximum absolute atomic E-state index is 8.59. The Morgan fingerprint density at radius 3 is 2.57 bits per heavy atom.